The van der Waals surface area contributed by atoms with Crippen LogP contribution in [0, 0.1) is 0 Å². The van der Waals surface area contributed by atoms with Crippen molar-refractivity contribution in [3.63, 3.8) is 0 Å². The Balaban J connectivity index is 1.60. The molecule has 2 saturated heterocycles. The van der Waals surface area contributed by atoms with Crippen molar-refractivity contribution in [3.05, 3.63) is 34.9 Å². The smallest absolute Gasteiger partial charge is 0.323 e. The van der Waals surface area contributed by atoms with Gasteiger partial charge in [0.1, 0.15) is 6.04 Å². The van der Waals surface area contributed by atoms with Gasteiger partial charge in [0.25, 0.3) is 0 Å². The van der Waals surface area contributed by atoms with Crippen LogP contribution in [0.25, 0.3) is 0 Å². The number of ether oxygens (including phenoxy) is 1. The number of hydrogen-bond acceptors (Lipinski definition) is 4. The third kappa shape index (κ3) is 3.07. The molecule has 0 radical (unpaired) electrons. The van der Waals surface area contributed by atoms with E-state index in [1.165, 1.54) is 5.56 Å². The van der Waals surface area contributed by atoms with Gasteiger partial charge in [-0.05, 0) is 18.6 Å². The quantitative estimate of drug-likeness (QED) is 0.802. The zero-order chi connectivity index (χ0) is 14.8. The summed E-state index contributed by atoms with van der Waals surface area (Å²) in [5.74, 6) is -0.0531. The van der Waals surface area contributed by atoms with Crippen LogP contribution < -0.4 is 0 Å². The molecule has 2 fully saturated rings. The maximum Gasteiger partial charge on any atom is 0.323 e. The molecule has 2 aliphatic heterocycles. The van der Waals surface area contributed by atoms with Gasteiger partial charge >= 0.3 is 5.97 Å². The maximum atomic E-state index is 11.7. The SMILES string of the molecule is CC(c1ccccc1Cl)N1CCN(C2CCOC2=O)CC1. The minimum absolute atomic E-state index is 0.0252. The highest BCUT2D eigenvalue weighted by Crippen LogP contribution is 2.28. The first-order chi connectivity index (χ1) is 10.2. The van der Waals surface area contributed by atoms with Gasteiger partial charge in [-0.15, -0.1) is 0 Å². The van der Waals surface area contributed by atoms with Crippen LogP contribution in [0.5, 0.6) is 0 Å². The summed E-state index contributed by atoms with van der Waals surface area (Å²) in [7, 11) is 0. The summed E-state index contributed by atoms with van der Waals surface area (Å²) >= 11 is 6.29. The highest BCUT2D eigenvalue weighted by Gasteiger charge is 2.34. The molecule has 1 aromatic carbocycles. The first-order valence-corrected chi connectivity index (χ1v) is 7.94. The highest BCUT2D eigenvalue weighted by molar-refractivity contribution is 6.31. The summed E-state index contributed by atoms with van der Waals surface area (Å²) in [6.45, 7) is 6.50. The van der Waals surface area contributed by atoms with Crippen molar-refractivity contribution in [2.24, 2.45) is 0 Å². The van der Waals surface area contributed by atoms with E-state index in [2.05, 4.69) is 22.8 Å². The van der Waals surface area contributed by atoms with Gasteiger partial charge < -0.3 is 4.74 Å². The van der Waals surface area contributed by atoms with Crippen LogP contribution in [0.4, 0.5) is 0 Å². The van der Waals surface area contributed by atoms with E-state index < -0.39 is 0 Å². The van der Waals surface area contributed by atoms with Gasteiger partial charge in [-0.1, -0.05) is 29.8 Å². The van der Waals surface area contributed by atoms with E-state index in [1.54, 1.807) is 0 Å². The molecule has 5 heteroatoms. The first-order valence-electron chi connectivity index (χ1n) is 7.56. The van der Waals surface area contributed by atoms with Crippen LogP contribution >= 0.6 is 11.6 Å². The average Bonchev–Trinajstić information content (AvgIpc) is 2.93. The van der Waals surface area contributed by atoms with E-state index in [0.29, 0.717) is 12.6 Å². The third-order valence-corrected chi connectivity index (χ3v) is 4.94. The van der Waals surface area contributed by atoms with Crippen molar-refractivity contribution >= 4 is 17.6 Å². The molecule has 0 amide bonds. The van der Waals surface area contributed by atoms with Crippen LogP contribution in [0.2, 0.25) is 5.02 Å². The molecule has 2 heterocycles. The number of piperazine rings is 1. The number of esters is 1. The lowest BCUT2D eigenvalue weighted by Crippen LogP contribution is -2.52. The number of carbonyl (C=O) groups is 1. The largest absolute Gasteiger partial charge is 0.464 e. The van der Waals surface area contributed by atoms with Gasteiger partial charge in [-0.2, -0.15) is 0 Å². The maximum absolute atomic E-state index is 11.7. The van der Waals surface area contributed by atoms with Crippen LogP contribution in [0.15, 0.2) is 24.3 Å². The molecule has 2 aliphatic rings. The van der Waals surface area contributed by atoms with Crippen molar-refractivity contribution in [2.45, 2.75) is 25.4 Å². The highest BCUT2D eigenvalue weighted by atomic mass is 35.5. The molecule has 0 saturated carbocycles. The number of halogens is 1. The van der Waals surface area contributed by atoms with Crippen molar-refractivity contribution in [3.8, 4) is 0 Å². The summed E-state index contributed by atoms with van der Waals surface area (Å²) in [5.41, 5.74) is 1.17. The predicted octanol–water partition coefficient (Wildman–Crippen LogP) is 2.33. The third-order valence-electron chi connectivity index (χ3n) is 4.60. The number of cyclic esters (lactones) is 1. The van der Waals surface area contributed by atoms with Gasteiger partial charge in [0.15, 0.2) is 0 Å². The zero-order valence-electron chi connectivity index (χ0n) is 12.3. The monoisotopic (exact) mass is 308 g/mol. The second kappa shape index (κ2) is 6.34. The fourth-order valence-corrected chi connectivity index (χ4v) is 3.56. The fraction of sp³-hybridized carbons (Fsp3) is 0.562. The van der Waals surface area contributed by atoms with E-state index in [0.717, 1.165) is 37.6 Å². The van der Waals surface area contributed by atoms with E-state index in [1.807, 2.05) is 18.2 Å². The minimum Gasteiger partial charge on any atom is -0.464 e. The summed E-state index contributed by atoms with van der Waals surface area (Å²) in [6.07, 6.45) is 0.832. The number of carbonyl (C=O) groups excluding carboxylic acids is 1. The standard InChI is InChI=1S/C16H21ClN2O2/c1-12(13-4-2-3-5-14(13)17)18-7-9-19(10-8-18)15-6-11-21-16(15)20/h2-5,12,15H,6-11H2,1H3. The minimum atomic E-state index is -0.0531. The predicted molar refractivity (Wildman–Crippen MR) is 82.4 cm³/mol. The fourth-order valence-electron chi connectivity index (χ4n) is 3.26. The Labute approximate surface area is 130 Å². The van der Waals surface area contributed by atoms with Crippen molar-refractivity contribution in [1.29, 1.82) is 0 Å². The van der Waals surface area contributed by atoms with Crippen LogP contribution in [-0.2, 0) is 9.53 Å². The van der Waals surface area contributed by atoms with E-state index >= 15 is 0 Å². The molecule has 2 unspecified atom stereocenters. The molecular weight excluding hydrogens is 288 g/mol. The van der Waals surface area contributed by atoms with E-state index in [4.69, 9.17) is 16.3 Å². The Morgan fingerprint density at radius 3 is 2.57 bits per heavy atom. The molecule has 0 bridgehead atoms. The Hall–Kier alpha value is -1.10. The van der Waals surface area contributed by atoms with Gasteiger partial charge in [0, 0.05) is 43.7 Å². The molecular formula is C16H21ClN2O2. The molecule has 0 N–H and O–H groups in total. The van der Waals surface area contributed by atoms with Crippen LogP contribution in [0.1, 0.15) is 24.9 Å². The number of benzene rings is 1. The van der Waals surface area contributed by atoms with Gasteiger partial charge in [-0.3, -0.25) is 14.6 Å². The van der Waals surface area contributed by atoms with Gasteiger partial charge in [-0.25, -0.2) is 0 Å². The molecule has 4 nitrogen and oxygen atoms in total. The van der Waals surface area contributed by atoms with E-state index in [9.17, 15) is 4.79 Å². The first kappa shape index (κ1) is 14.8. The molecule has 21 heavy (non-hydrogen) atoms. The van der Waals surface area contributed by atoms with Crippen molar-refractivity contribution < 1.29 is 9.53 Å². The Morgan fingerprint density at radius 2 is 1.95 bits per heavy atom. The zero-order valence-corrected chi connectivity index (χ0v) is 13.1. The Bertz CT molecular complexity index is 515. The number of rotatable bonds is 3. The molecule has 0 aliphatic carbocycles. The molecule has 3 rings (SSSR count). The van der Waals surface area contributed by atoms with E-state index in [-0.39, 0.29) is 12.0 Å². The molecule has 114 valence electrons. The lowest BCUT2D eigenvalue weighted by Gasteiger charge is -2.39. The summed E-state index contributed by atoms with van der Waals surface area (Å²) in [4.78, 5) is 16.3. The van der Waals surface area contributed by atoms with Crippen molar-refractivity contribution in [1.82, 2.24) is 9.80 Å². The summed E-state index contributed by atoms with van der Waals surface area (Å²) < 4.78 is 5.07. The average molecular weight is 309 g/mol. The number of hydrogen-bond donors (Lipinski definition) is 0. The second-order valence-electron chi connectivity index (χ2n) is 5.74. The lowest BCUT2D eigenvalue weighted by atomic mass is 10.1. The molecule has 0 aromatic heterocycles. The topological polar surface area (TPSA) is 32.8 Å². The molecule has 1 aromatic rings. The lowest BCUT2D eigenvalue weighted by molar-refractivity contribution is -0.142. The molecule has 2 atom stereocenters. The van der Waals surface area contributed by atoms with Crippen LogP contribution in [-0.4, -0.2) is 54.6 Å². The Kier molecular flexibility index (Phi) is 4.48. The number of nitrogens with zero attached hydrogens (tertiary/aromatic N) is 2. The normalized spacial score (nSPS) is 25.8. The Morgan fingerprint density at radius 1 is 1.24 bits per heavy atom. The summed E-state index contributed by atoms with van der Waals surface area (Å²) in [6, 6.07) is 8.30. The molecule has 0 spiro atoms. The van der Waals surface area contributed by atoms with Crippen molar-refractivity contribution in [2.75, 3.05) is 32.8 Å². The van der Waals surface area contributed by atoms with Gasteiger partial charge in [0.2, 0.25) is 0 Å². The summed E-state index contributed by atoms with van der Waals surface area (Å²) in [5, 5.41) is 0.826. The second-order valence-corrected chi connectivity index (χ2v) is 6.15. The van der Waals surface area contributed by atoms with Crippen LogP contribution in [0.3, 0.4) is 0 Å². The van der Waals surface area contributed by atoms with Gasteiger partial charge in [0.05, 0.1) is 6.61 Å².